The van der Waals surface area contributed by atoms with Gasteiger partial charge in [0.1, 0.15) is 12.2 Å². The summed E-state index contributed by atoms with van der Waals surface area (Å²) in [5.41, 5.74) is 0.245. The Morgan fingerprint density at radius 1 is 0.500 bits per heavy atom. The van der Waals surface area contributed by atoms with E-state index in [1.165, 1.54) is 36.4 Å². The van der Waals surface area contributed by atoms with Crippen molar-refractivity contribution in [1.29, 1.82) is 0 Å². The second-order valence-electron chi connectivity index (χ2n) is 12.6. The predicted octanol–water partition coefficient (Wildman–Crippen LogP) is 1.91. The van der Waals surface area contributed by atoms with Gasteiger partial charge < -0.3 is 52.8 Å². The van der Waals surface area contributed by atoms with Crippen LogP contribution in [0.15, 0.2) is 91.0 Å². The minimum absolute atomic E-state index is 0.0656. The van der Waals surface area contributed by atoms with Crippen LogP contribution >= 0.6 is 0 Å². The summed E-state index contributed by atoms with van der Waals surface area (Å²) in [4.78, 5) is 76.9. The first-order valence-corrected chi connectivity index (χ1v) is 17.4. The number of aliphatic hydroxyl groups excluding tert-OH is 2. The molecule has 0 unspecified atom stereocenters. The molecule has 0 saturated carbocycles. The maximum Gasteiger partial charge on any atom is 0.338 e. The molecule has 2 heterocycles. The lowest BCUT2D eigenvalue weighted by molar-refractivity contribution is -0.326. The van der Waals surface area contributed by atoms with Gasteiger partial charge in [0.2, 0.25) is 0 Å². The second-order valence-corrected chi connectivity index (χ2v) is 12.6. The number of carbonyl (C=O) groups is 6. The third kappa shape index (κ3) is 10.5. The fourth-order valence-corrected chi connectivity index (χ4v) is 6.05. The number of benzene rings is 3. The highest BCUT2D eigenvalue weighted by atomic mass is 16.7. The van der Waals surface area contributed by atoms with Gasteiger partial charge in [-0.3, -0.25) is 14.4 Å². The van der Waals surface area contributed by atoms with Crippen LogP contribution in [0.1, 0.15) is 51.8 Å². The number of hydrogen-bond donors (Lipinski definition) is 2. The first-order chi connectivity index (χ1) is 26.9. The van der Waals surface area contributed by atoms with Gasteiger partial charge in [-0.15, -0.1) is 0 Å². The third-order valence-corrected chi connectivity index (χ3v) is 8.47. The van der Waals surface area contributed by atoms with Gasteiger partial charge >= 0.3 is 35.8 Å². The minimum atomic E-state index is -1.94. The Morgan fingerprint density at radius 2 is 0.875 bits per heavy atom. The van der Waals surface area contributed by atoms with Gasteiger partial charge in [0.25, 0.3) is 0 Å². The van der Waals surface area contributed by atoms with Crippen LogP contribution in [-0.4, -0.2) is 121 Å². The van der Waals surface area contributed by atoms with E-state index in [9.17, 15) is 39.0 Å². The van der Waals surface area contributed by atoms with Gasteiger partial charge in [-0.05, 0) is 36.4 Å². The van der Waals surface area contributed by atoms with Crippen LogP contribution in [0.2, 0.25) is 0 Å². The Morgan fingerprint density at radius 3 is 1.32 bits per heavy atom. The molecule has 2 fully saturated rings. The van der Waals surface area contributed by atoms with Crippen LogP contribution in [0, 0.1) is 0 Å². The molecule has 17 nitrogen and oxygen atoms in total. The molecule has 56 heavy (non-hydrogen) atoms. The molecule has 10 atom stereocenters. The van der Waals surface area contributed by atoms with Gasteiger partial charge in [-0.2, -0.15) is 0 Å². The lowest BCUT2D eigenvalue weighted by Gasteiger charge is -2.45. The van der Waals surface area contributed by atoms with Crippen molar-refractivity contribution >= 4 is 35.8 Å². The predicted molar refractivity (Wildman–Crippen MR) is 186 cm³/mol. The normalized spacial score (nSPS) is 27.2. The summed E-state index contributed by atoms with van der Waals surface area (Å²) < 4.78 is 51.3. The molecule has 0 radical (unpaired) electrons. The van der Waals surface area contributed by atoms with Crippen molar-refractivity contribution in [2.75, 3.05) is 13.2 Å². The number of ether oxygens (including phenoxy) is 9. The highest BCUT2D eigenvalue weighted by molar-refractivity contribution is 5.91. The van der Waals surface area contributed by atoms with Crippen LogP contribution in [0.4, 0.5) is 0 Å². The zero-order chi connectivity index (χ0) is 40.4. The number of carbonyl (C=O) groups excluding carboxylic acids is 6. The van der Waals surface area contributed by atoms with Crippen molar-refractivity contribution in [1.82, 2.24) is 0 Å². The molecule has 0 spiro atoms. The molecule has 0 bridgehead atoms. The maximum atomic E-state index is 13.6. The number of aliphatic hydroxyl groups is 2. The lowest BCUT2D eigenvalue weighted by Crippen LogP contribution is -2.64. The van der Waals surface area contributed by atoms with Crippen molar-refractivity contribution in [2.45, 2.75) is 82.2 Å². The van der Waals surface area contributed by atoms with E-state index in [0.29, 0.717) is 0 Å². The molecule has 298 valence electrons. The summed E-state index contributed by atoms with van der Waals surface area (Å²) in [5, 5.41) is 21.4. The maximum absolute atomic E-state index is 13.6. The molecular formula is C39H40O17. The van der Waals surface area contributed by atoms with E-state index < -0.39 is 110 Å². The largest absolute Gasteiger partial charge is 0.456 e. The van der Waals surface area contributed by atoms with Gasteiger partial charge in [-0.1, -0.05) is 54.6 Å². The Kier molecular flexibility index (Phi) is 14.2. The number of esters is 6. The molecule has 2 aliphatic heterocycles. The topological polar surface area (TPSA) is 226 Å². The standard InChI is InChI=1S/C39H40O17/c1-21(41)49-30-28(52-38(47)33(51-23(3)43)31(30)50-22(2)42)20-48-39-34(56-37(46)26-17-11-6-12-18-26)32(55-36(45)25-15-9-5-10-16-25)29(27(19-40)53-39)54-35(44)24-13-7-4-8-14-24/h4-18,27-34,38-40,47H,19-20H2,1-3H3/t27-,28-,29-,30-,31+,32+,33-,34-,38+,39-/m1/s1. The molecule has 0 amide bonds. The van der Waals surface area contributed by atoms with Crippen molar-refractivity contribution in [3.63, 3.8) is 0 Å². The first-order valence-electron chi connectivity index (χ1n) is 17.4. The summed E-state index contributed by atoms with van der Waals surface area (Å²) in [6.45, 7) is 1.60. The van der Waals surface area contributed by atoms with E-state index in [4.69, 9.17) is 42.6 Å². The summed E-state index contributed by atoms with van der Waals surface area (Å²) in [6.07, 6.45) is -16.5. The van der Waals surface area contributed by atoms with Gasteiger partial charge in [-0.25, -0.2) is 14.4 Å². The molecule has 3 aromatic rings. The monoisotopic (exact) mass is 780 g/mol. The average Bonchev–Trinajstić information content (AvgIpc) is 3.18. The van der Waals surface area contributed by atoms with Gasteiger partial charge in [0, 0.05) is 20.8 Å². The number of rotatable bonds is 13. The quantitative estimate of drug-likeness (QED) is 0.187. The second kappa shape index (κ2) is 19.2. The molecule has 0 aliphatic carbocycles. The van der Waals surface area contributed by atoms with E-state index in [2.05, 4.69) is 0 Å². The van der Waals surface area contributed by atoms with Gasteiger partial charge in [0.05, 0.1) is 29.9 Å². The Bertz CT molecular complexity index is 1820. The van der Waals surface area contributed by atoms with Crippen LogP contribution in [0.25, 0.3) is 0 Å². The van der Waals surface area contributed by atoms with Crippen molar-refractivity contribution in [3.05, 3.63) is 108 Å². The zero-order valence-corrected chi connectivity index (χ0v) is 30.4. The molecule has 2 N–H and O–H groups in total. The smallest absolute Gasteiger partial charge is 0.338 e. The molecule has 5 rings (SSSR count). The van der Waals surface area contributed by atoms with Crippen LogP contribution in [0.5, 0.6) is 0 Å². The fourth-order valence-electron chi connectivity index (χ4n) is 6.05. The first kappa shape index (κ1) is 41.4. The summed E-state index contributed by atoms with van der Waals surface area (Å²) in [5.74, 6) is -5.39. The van der Waals surface area contributed by atoms with Gasteiger partial charge in [0.15, 0.2) is 49.2 Å². The van der Waals surface area contributed by atoms with E-state index in [1.807, 2.05) is 0 Å². The fraction of sp³-hybridized carbons (Fsp3) is 0.385. The molecule has 2 saturated heterocycles. The van der Waals surface area contributed by atoms with Crippen molar-refractivity contribution < 1.29 is 81.6 Å². The Balaban J connectivity index is 1.53. The Hall–Kier alpha value is -5.72. The third-order valence-electron chi connectivity index (χ3n) is 8.47. The minimum Gasteiger partial charge on any atom is -0.456 e. The van der Waals surface area contributed by atoms with Crippen LogP contribution < -0.4 is 0 Å². The molecule has 17 heteroatoms. The SMILES string of the molecule is CC(=O)O[C@@H]1[C@@H](OC(C)=O)[C@@H](O)O[C@H](CO[C@@H]2O[C@H](CO)[C@@H](OC(=O)c3ccccc3)[C@H](OC(=O)c3ccccc3)[C@H]2OC(=O)c2ccccc2)[C@H]1OC(C)=O. The Labute approximate surface area is 320 Å². The van der Waals surface area contributed by atoms with Crippen molar-refractivity contribution in [3.8, 4) is 0 Å². The van der Waals surface area contributed by atoms with E-state index in [0.717, 1.165) is 20.8 Å². The van der Waals surface area contributed by atoms with Crippen LogP contribution in [-0.2, 0) is 57.0 Å². The van der Waals surface area contributed by atoms with Crippen molar-refractivity contribution in [2.24, 2.45) is 0 Å². The summed E-state index contributed by atoms with van der Waals surface area (Å²) >= 11 is 0. The van der Waals surface area contributed by atoms with E-state index in [1.54, 1.807) is 54.6 Å². The lowest BCUT2D eigenvalue weighted by atomic mass is 9.97. The van der Waals surface area contributed by atoms with E-state index in [-0.39, 0.29) is 16.7 Å². The molecule has 0 aromatic heterocycles. The number of hydrogen-bond acceptors (Lipinski definition) is 17. The highest BCUT2D eigenvalue weighted by Gasteiger charge is 2.55. The molecular weight excluding hydrogens is 740 g/mol. The average molecular weight is 781 g/mol. The molecule has 3 aromatic carbocycles. The highest BCUT2D eigenvalue weighted by Crippen LogP contribution is 2.33. The summed E-state index contributed by atoms with van der Waals surface area (Å²) in [6, 6.07) is 23.2. The van der Waals surface area contributed by atoms with E-state index >= 15 is 0 Å². The van der Waals surface area contributed by atoms with Crippen LogP contribution in [0.3, 0.4) is 0 Å². The zero-order valence-electron chi connectivity index (χ0n) is 30.4. The molecule has 2 aliphatic rings. The summed E-state index contributed by atoms with van der Waals surface area (Å²) in [7, 11) is 0.